The SMILES string of the molecule is CCCCC[C@@H](c1ccoc1)N1CCNCC1.Cl.Cl. The molecule has 0 aromatic carbocycles. The van der Waals surface area contributed by atoms with E-state index in [0.717, 1.165) is 26.2 Å². The molecule has 0 spiro atoms. The van der Waals surface area contributed by atoms with Crippen LogP contribution in [0.4, 0.5) is 0 Å². The largest absolute Gasteiger partial charge is 0.472 e. The fraction of sp³-hybridized carbons (Fsp3) is 0.714. The lowest BCUT2D eigenvalue weighted by molar-refractivity contribution is 0.162. The molecule has 0 aliphatic carbocycles. The Labute approximate surface area is 128 Å². The third kappa shape index (κ3) is 5.74. The zero-order chi connectivity index (χ0) is 11.9. The Morgan fingerprint density at radius 2 is 2.00 bits per heavy atom. The van der Waals surface area contributed by atoms with Gasteiger partial charge in [-0.15, -0.1) is 24.8 Å². The minimum atomic E-state index is 0. The molecule has 1 atom stereocenters. The molecule has 1 N–H and O–H groups in total. The number of unbranched alkanes of at least 4 members (excludes halogenated alkanes) is 2. The number of halogens is 2. The van der Waals surface area contributed by atoms with Crippen LogP contribution in [-0.4, -0.2) is 31.1 Å². The standard InChI is InChI=1S/C14H24N2O.2ClH/c1-2-3-4-5-14(13-6-11-17-12-13)16-9-7-15-8-10-16;;/h6,11-12,14-15H,2-5,7-10H2,1H3;2*1H/t14-;;/m0../s1. The third-order valence-corrected chi connectivity index (χ3v) is 3.60. The van der Waals surface area contributed by atoms with Gasteiger partial charge in [-0.3, -0.25) is 4.90 Å². The minimum absolute atomic E-state index is 0. The average Bonchev–Trinajstić information content (AvgIpc) is 2.89. The third-order valence-electron chi connectivity index (χ3n) is 3.60. The highest BCUT2D eigenvalue weighted by molar-refractivity contribution is 5.85. The van der Waals surface area contributed by atoms with Crippen LogP contribution in [-0.2, 0) is 0 Å². The fourth-order valence-corrected chi connectivity index (χ4v) is 2.61. The summed E-state index contributed by atoms with van der Waals surface area (Å²) in [5.74, 6) is 0. The Kier molecular flexibility index (Phi) is 10.4. The van der Waals surface area contributed by atoms with Crippen molar-refractivity contribution in [3.63, 3.8) is 0 Å². The second-order valence-electron chi connectivity index (χ2n) is 4.85. The highest BCUT2D eigenvalue weighted by Crippen LogP contribution is 2.27. The highest BCUT2D eigenvalue weighted by atomic mass is 35.5. The molecular weight excluding hydrogens is 283 g/mol. The summed E-state index contributed by atoms with van der Waals surface area (Å²) in [5.41, 5.74) is 1.35. The van der Waals surface area contributed by atoms with Gasteiger partial charge in [0, 0.05) is 37.8 Å². The predicted molar refractivity (Wildman–Crippen MR) is 84.5 cm³/mol. The van der Waals surface area contributed by atoms with Crippen LogP contribution in [0, 0.1) is 0 Å². The van der Waals surface area contributed by atoms with Gasteiger partial charge in [-0.1, -0.05) is 26.2 Å². The monoisotopic (exact) mass is 308 g/mol. The maximum absolute atomic E-state index is 5.25. The summed E-state index contributed by atoms with van der Waals surface area (Å²) in [5, 5.41) is 3.42. The van der Waals surface area contributed by atoms with Gasteiger partial charge in [-0.25, -0.2) is 0 Å². The molecule has 1 aliphatic heterocycles. The highest BCUT2D eigenvalue weighted by Gasteiger charge is 2.22. The number of nitrogens with zero attached hydrogens (tertiary/aromatic N) is 1. The maximum atomic E-state index is 5.25. The van der Waals surface area contributed by atoms with Crippen molar-refractivity contribution in [3.8, 4) is 0 Å². The Balaban J connectivity index is 0.00000162. The topological polar surface area (TPSA) is 28.4 Å². The Bertz CT molecular complexity index is 300. The van der Waals surface area contributed by atoms with Crippen LogP contribution < -0.4 is 5.32 Å². The first-order valence-electron chi connectivity index (χ1n) is 6.88. The van der Waals surface area contributed by atoms with Crippen molar-refractivity contribution in [2.45, 2.75) is 38.6 Å². The average molecular weight is 309 g/mol. The molecule has 5 heteroatoms. The second-order valence-corrected chi connectivity index (χ2v) is 4.85. The predicted octanol–water partition coefficient (Wildman–Crippen LogP) is 3.65. The van der Waals surface area contributed by atoms with Crippen molar-refractivity contribution < 1.29 is 4.42 Å². The number of hydrogen-bond donors (Lipinski definition) is 1. The van der Waals surface area contributed by atoms with Crippen molar-refractivity contribution >= 4 is 24.8 Å². The Morgan fingerprint density at radius 1 is 1.26 bits per heavy atom. The summed E-state index contributed by atoms with van der Waals surface area (Å²) in [6.45, 7) is 6.80. The summed E-state index contributed by atoms with van der Waals surface area (Å²) in [6, 6.07) is 2.68. The second kappa shape index (κ2) is 10.6. The summed E-state index contributed by atoms with van der Waals surface area (Å²) >= 11 is 0. The normalized spacial score (nSPS) is 17.3. The molecule has 0 unspecified atom stereocenters. The van der Waals surface area contributed by atoms with Crippen LogP contribution in [0.25, 0.3) is 0 Å². The van der Waals surface area contributed by atoms with Crippen LogP contribution in [0.5, 0.6) is 0 Å². The number of rotatable bonds is 6. The lowest BCUT2D eigenvalue weighted by Gasteiger charge is -2.34. The van der Waals surface area contributed by atoms with E-state index in [-0.39, 0.29) is 24.8 Å². The molecule has 2 heterocycles. The van der Waals surface area contributed by atoms with E-state index in [2.05, 4.69) is 23.2 Å². The molecule has 0 radical (unpaired) electrons. The summed E-state index contributed by atoms with van der Waals surface area (Å²) in [4.78, 5) is 2.59. The Hall–Kier alpha value is -0.220. The van der Waals surface area contributed by atoms with Crippen molar-refractivity contribution in [1.82, 2.24) is 10.2 Å². The first kappa shape index (κ1) is 18.8. The number of furan rings is 1. The smallest absolute Gasteiger partial charge is 0.0950 e. The van der Waals surface area contributed by atoms with E-state index >= 15 is 0 Å². The zero-order valence-electron chi connectivity index (χ0n) is 11.6. The van der Waals surface area contributed by atoms with E-state index in [4.69, 9.17) is 4.42 Å². The molecule has 0 saturated carbocycles. The van der Waals surface area contributed by atoms with E-state index in [1.807, 2.05) is 6.26 Å². The van der Waals surface area contributed by atoms with Crippen LogP contribution in [0.15, 0.2) is 23.0 Å². The van der Waals surface area contributed by atoms with Gasteiger partial charge in [0.15, 0.2) is 0 Å². The molecule has 1 saturated heterocycles. The molecule has 1 aromatic rings. The van der Waals surface area contributed by atoms with Crippen molar-refractivity contribution in [1.29, 1.82) is 0 Å². The van der Waals surface area contributed by atoms with E-state index in [1.54, 1.807) is 6.26 Å². The quantitative estimate of drug-likeness (QED) is 0.813. The lowest BCUT2D eigenvalue weighted by Crippen LogP contribution is -2.45. The van der Waals surface area contributed by atoms with Gasteiger partial charge in [0.05, 0.1) is 12.5 Å². The molecule has 1 aromatic heterocycles. The Morgan fingerprint density at radius 3 is 2.58 bits per heavy atom. The number of hydrogen-bond acceptors (Lipinski definition) is 3. The van der Waals surface area contributed by atoms with Crippen molar-refractivity contribution in [2.75, 3.05) is 26.2 Å². The molecule has 19 heavy (non-hydrogen) atoms. The molecule has 2 rings (SSSR count). The van der Waals surface area contributed by atoms with Crippen LogP contribution >= 0.6 is 24.8 Å². The van der Waals surface area contributed by atoms with Gasteiger partial charge in [0.25, 0.3) is 0 Å². The lowest BCUT2D eigenvalue weighted by atomic mass is 10.0. The summed E-state index contributed by atoms with van der Waals surface area (Å²) in [6.07, 6.45) is 8.91. The van der Waals surface area contributed by atoms with Crippen molar-refractivity contribution in [2.24, 2.45) is 0 Å². The molecule has 0 amide bonds. The van der Waals surface area contributed by atoms with E-state index in [9.17, 15) is 0 Å². The van der Waals surface area contributed by atoms with Crippen molar-refractivity contribution in [3.05, 3.63) is 24.2 Å². The molecule has 1 aliphatic rings. The van der Waals surface area contributed by atoms with Crippen LogP contribution in [0.1, 0.15) is 44.2 Å². The summed E-state index contributed by atoms with van der Waals surface area (Å²) < 4.78 is 5.25. The summed E-state index contributed by atoms with van der Waals surface area (Å²) in [7, 11) is 0. The molecule has 0 bridgehead atoms. The molecule has 3 nitrogen and oxygen atoms in total. The molecule has 112 valence electrons. The van der Waals surface area contributed by atoms with Gasteiger partial charge in [-0.05, 0) is 12.5 Å². The van der Waals surface area contributed by atoms with Gasteiger partial charge in [-0.2, -0.15) is 0 Å². The maximum Gasteiger partial charge on any atom is 0.0950 e. The van der Waals surface area contributed by atoms with E-state index in [0.29, 0.717) is 6.04 Å². The number of piperazine rings is 1. The van der Waals surface area contributed by atoms with Gasteiger partial charge >= 0.3 is 0 Å². The fourth-order valence-electron chi connectivity index (χ4n) is 2.61. The van der Waals surface area contributed by atoms with Crippen LogP contribution in [0.2, 0.25) is 0 Å². The van der Waals surface area contributed by atoms with Gasteiger partial charge in [0.1, 0.15) is 0 Å². The first-order chi connectivity index (χ1) is 8.42. The zero-order valence-corrected chi connectivity index (χ0v) is 13.3. The van der Waals surface area contributed by atoms with E-state index in [1.165, 1.54) is 31.2 Å². The first-order valence-corrected chi connectivity index (χ1v) is 6.88. The van der Waals surface area contributed by atoms with Gasteiger partial charge < -0.3 is 9.73 Å². The van der Waals surface area contributed by atoms with Crippen LogP contribution in [0.3, 0.4) is 0 Å². The minimum Gasteiger partial charge on any atom is -0.472 e. The molecule has 1 fully saturated rings. The molecular formula is C14H26Cl2N2O. The van der Waals surface area contributed by atoms with Gasteiger partial charge in [0.2, 0.25) is 0 Å². The number of nitrogens with one attached hydrogen (secondary N) is 1. The van der Waals surface area contributed by atoms with E-state index < -0.39 is 0 Å².